The third-order valence-electron chi connectivity index (χ3n) is 5.46. The first-order valence-electron chi connectivity index (χ1n) is 12.0. The summed E-state index contributed by atoms with van der Waals surface area (Å²) < 4.78 is 0. The van der Waals surface area contributed by atoms with Crippen LogP contribution in [-0.4, -0.2) is 23.5 Å². The zero-order valence-corrected chi connectivity index (χ0v) is 24.9. The zero-order valence-electron chi connectivity index (χ0n) is 21.1. The molecule has 0 spiro atoms. The second-order valence-electron chi connectivity index (χ2n) is 8.49. The van der Waals surface area contributed by atoms with E-state index in [4.69, 9.17) is 46.4 Å². The Bertz CT molecular complexity index is 1630. The Kier molecular flexibility index (Phi) is 10.7. The maximum absolute atomic E-state index is 13.3. The molecule has 0 saturated carbocycles. The van der Waals surface area contributed by atoms with Gasteiger partial charge in [-0.2, -0.15) is 0 Å². The average molecular weight is 645 g/mol. The molecule has 208 valence electrons. The van der Waals surface area contributed by atoms with Crippen molar-refractivity contribution in [3.05, 3.63) is 128 Å². The highest BCUT2D eigenvalue weighted by Crippen LogP contribution is 2.27. The first-order valence-corrected chi connectivity index (χ1v) is 14.5. The number of amides is 3. The predicted octanol–water partition coefficient (Wildman–Crippen LogP) is 8.44. The zero-order chi connectivity index (χ0) is 29.4. The van der Waals surface area contributed by atoms with Crippen LogP contribution in [0.5, 0.6) is 0 Å². The van der Waals surface area contributed by atoms with E-state index in [2.05, 4.69) is 16.0 Å². The molecule has 4 aromatic rings. The molecule has 11 heteroatoms. The molecule has 0 radical (unpaired) electrons. The van der Waals surface area contributed by atoms with Gasteiger partial charge in [-0.25, -0.2) is 0 Å². The molecule has 0 saturated heterocycles. The van der Waals surface area contributed by atoms with Gasteiger partial charge in [-0.05, 0) is 72.3 Å². The molecule has 0 fully saturated rings. The summed E-state index contributed by atoms with van der Waals surface area (Å²) >= 11 is 25.5. The smallest absolute Gasteiger partial charge is 0.272 e. The standard InChI is InChI=1S/C30H21Cl4N3O3S/c31-20-10-9-19(25(33)14-20)13-27(37-29(39)18-5-2-1-3-6-18)30(40)36-21-7-4-8-23(15-21)41-17-28(38)35-22-11-12-24(32)26(34)16-22/h1-16H,17H2,(H,35,38)(H,36,40)(H,37,39)/b27-13+. The molecule has 0 heterocycles. The van der Waals surface area contributed by atoms with Gasteiger partial charge in [0.25, 0.3) is 11.8 Å². The van der Waals surface area contributed by atoms with E-state index in [0.717, 1.165) is 4.90 Å². The van der Waals surface area contributed by atoms with Crippen LogP contribution in [0.25, 0.3) is 6.08 Å². The first kappa shape index (κ1) is 30.5. The van der Waals surface area contributed by atoms with Gasteiger partial charge >= 0.3 is 0 Å². The molecule has 4 rings (SSSR count). The second kappa shape index (κ2) is 14.4. The van der Waals surface area contributed by atoms with Crippen molar-refractivity contribution < 1.29 is 14.4 Å². The second-order valence-corrected chi connectivity index (χ2v) is 11.2. The molecule has 0 aromatic heterocycles. The molecule has 41 heavy (non-hydrogen) atoms. The fraction of sp³-hybridized carbons (Fsp3) is 0.0333. The molecule has 3 N–H and O–H groups in total. The third-order valence-corrected chi connectivity index (χ3v) is 7.75. The molecule has 0 bridgehead atoms. The van der Waals surface area contributed by atoms with Crippen LogP contribution in [0.4, 0.5) is 11.4 Å². The number of halogens is 4. The molecule has 3 amide bonds. The fourth-order valence-corrected chi connectivity index (χ4v) is 5.01. The van der Waals surface area contributed by atoms with Crippen molar-refractivity contribution in [3.63, 3.8) is 0 Å². The van der Waals surface area contributed by atoms with Crippen molar-refractivity contribution in [2.45, 2.75) is 4.90 Å². The maximum Gasteiger partial charge on any atom is 0.272 e. The van der Waals surface area contributed by atoms with Gasteiger partial charge in [-0.3, -0.25) is 14.4 Å². The number of anilines is 2. The van der Waals surface area contributed by atoms with E-state index in [9.17, 15) is 14.4 Å². The highest BCUT2D eigenvalue weighted by Gasteiger charge is 2.16. The number of carbonyl (C=O) groups excluding carboxylic acids is 3. The van der Waals surface area contributed by atoms with E-state index in [1.165, 1.54) is 17.8 Å². The van der Waals surface area contributed by atoms with Gasteiger partial charge in [0, 0.05) is 31.9 Å². The molecule has 0 aliphatic heterocycles. The van der Waals surface area contributed by atoms with E-state index in [1.54, 1.807) is 84.9 Å². The van der Waals surface area contributed by atoms with Crippen LogP contribution in [0.3, 0.4) is 0 Å². The number of thioether (sulfide) groups is 1. The van der Waals surface area contributed by atoms with E-state index in [0.29, 0.717) is 42.6 Å². The molecular weight excluding hydrogens is 624 g/mol. The first-order chi connectivity index (χ1) is 19.7. The molecular formula is C30H21Cl4N3O3S. The number of carbonyl (C=O) groups is 3. The topological polar surface area (TPSA) is 87.3 Å². The lowest BCUT2D eigenvalue weighted by molar-refractivity contribution is -0.114. The Balaban J connectivity index is 1.47. The van der Waals surface area contributed by atoms with Gasteiger partial charge in [-0.1, -0.05) is 76.7 Å². The number of hydrogen-bond donors (Lipinski definition) is 3. The minimum atomic E-state index is -0.570. The Hall–Kier alpha value is -3.46. The van der Waals surface area contributed by atoms with E-state index >= 15 is 0 Å². The number of rotatable bonds is 9. The van der Waals surface area contributed by atoms with Crippen molar-refractivity contribution >= 4 is 93.3 Å². The van der Waals surface area contributed by atoms with E-state index < -0.39 is 11.8 Å². The lowest BCUT2D eigenvalue weighted by Crippen LogP contribution is -2.30. The molecule has 4 aromatic carbocycles. The van der Waals surface area contributed by atoms with Crippen LogP contribution in [0.15, 0.2) is 102 Å². The molecule has 6 nitrogen and oxygen atoms in total. The number of nitrogens with one attached hydrogen (secondary N) is 3. The van der Waals surface area contributed by atoms with Crippen molar-refractivity contribution in [1.29, 1.82) is 0 Å². The van der Waals surface area contributed by atoms with Crippen molar-refractivity contribution in [1.82, 2.24) is 5.32 Å². The Morgan fingerprint density at radius 2 is 1.46 bits per heavy atom. The lowest BCUT2D eigenvalue weighted by Gasteiger charge is -2.13. The van der Waals surface area contributed by atoms with Crippen LogP contribution in [0.2, 0.25) is 20.1 Å². The summed E-state index contributed by atoms with van der Waals surface area (Å²) in [5.74, 6) is -1.16. The van der Waals surface area contributed by atoms with E-state index in [-0.39, 0.29) is 17.4 Å². The Morgan fingerprint density at radius 3 is 2.20 bits per heavy atom. The normalized spacial score (nSPS) is 11.1. The Labute approximate surface area is 261 Å². The van der Waals surface area contributed by atoms with Crippen LogP contribution in [0.1, 0.15) is 15.9 Å². The SMILES string of the molecule is O=C(CSc1cccc(NC(=O)/C(=C\c2ccc(Cl)cc2Cl)NC(=O)c2ccccc2)c1)Nc1ccc(Cl)c(Cl)c1. The monoisotopic (exact) mass is 643 g/mol. The summed E-state index contributed by atoms with van der Waals surface area (Å²) in [6.07, 6.45) is 1.47. The van der Waals surface area contributed by atoms with Crippen LogP contribution >= 0.6 is 58.2 Å². The van der Waals surface area contributed by atoms with Gasteiger partial charge < -0.3 is 16.0 Å². The van der Waals surface area contributed by atoms with E-state index in [1.807, 2.05) is 6.07 Å². The van der Waals surface area contributed by atoms with Crippen LogP contribution in [0, 0.1) is 0 Å². The van der Waals surface area contributed by atoms with Crippen LogP contribution in [-0.2, 0) is 9.59 Å². The van der Waals surface area contributed by atoms with Gasteiger partial charge in [0.15, 0.2) is 0 Å². The molecule has 0 unspecified atom stereocenters. The number of hydrogen-bond acceptors (Lipinski definition) is 4. The highest BCUT2D eigenvalue weighted by atomic mass is 35.5. The molecule has 0 aliphatic carbocycles. The Morgan fingerprint density at radius 1 is 0.707 bits per heavy atom. The average Bonchev–Trinajstić information content (AvgIpc) is 2.95. The quantitative estimate of drug-likeness (QED) is 0.126. The number of benzene rings is 4. The predicted molar refractivity (Wildman–Crippen MR) is 169 cm³/mol. The van der Waals surface area contributed by atoms with Crippen molar-refractivity contribution in [2.24, 2.45) is 0 Å². The summed E-state index contributed by atoms with van der Waals surface area (Å²) in [6, 6.07) is 25.1. The summed E-state index contributed by atoms with van der Waals surface area (Å²) in [7, 11) is 0. The van der Waals surface area contributed by atoms with Crippen molar-refractivity contribution in [2.75, 3.05) is 16.4 Å². The van der Waals surface area contributed by atoms with Gasteiger partial charge in [0.05, 0.1) is 15.8 Å². The van der Waals surface area contributed by atoms with Crippen molar-refractivity contribution in [3.8, 4) is 0 Å². The van der Waals surface area contributed by atoms with Gasteiger partial charge in [-0.15, -0.1) is 11.8 Å². The molecule has 0 aliphatic rings. The minimum absolute atomic E-state index is 0.0258. The third kappa shape index (κ3) is 9.01. The summed E-state index contributed by atoms with van der Waals surface area (Å²) in [5.41, 5.74) is 1.84. The highest BCUT2D eigenvalue weighted by molar-refractivity contribution is 8.00. The fourth-order valence-electron chi connectivity index (χ4n) is 3.50. The minimum Gasteiger partial charge on any atom is -0.325 e. The van der Waals surface area contributed by atoms with Gasteiger partial charge in [0.2, 0.25) is 5.91 Å². The molecule has 0 atom stereocenters. The van der Waals surface area contributed by atoms with Crippen LogP contribution < -0.4 is 16.0 Å². The largest absolute Gasteiger partial charge is 0.325 e. The maximum atomic E-state index is 13.3. The summed E-state index contributed by atoms with van der Waals surface area (Å²) in [6.45, 7) is 0. The van der Waals surface area contributed by atoms with Gasteiger partial charge in [0.1, 0.15) is 5.70 Å². The summed E-state index contributed by atoms with van der Waals surface area (Å²) in [5, 5.41) is 9.72. The summed E-state index contributed by atoms with van der Waals surface area (Å²) in [4.78, 5) is 39.4. The lowest BCUT2D eigenvalue weighted by atomic mass is 10.1.